The first-order chi connectivity index (χ1) is 11.8. The molecule has 0 N–H and O–H groups in total. The number of rotatable bonds is 3. The van der Waals surface area contributed by atoms with Crippen LogP contribution in [0.4, 0.5) is 17.1 Å². The van der Waals surface area contributed by atoms with Crippen molar-refractivity contribution < 1.29 is 0 Å². The van der Waals surface area contributed by atoms with Gasteiger partial charge < -0.3 is 4.90 Å². The Labute approximate surface area is 151 Å². The van der Waals surface area contributed by atoms with Crippen molar-refractivity contribution in [3.8, 4) is 0 Å². The lowest BCUT2D eigenvalue weighted by atomic mass is 10.0. The Morgan fingerprint density at radius 3 is 0.760 bits per heavy atom. The zero-order valence-corrected chi connectivity index (χ0v) is 16.1. The van der Waals surface area contributed by atoms with Crippen molar-refractivity contribution >= 4 is 17.1 Å². The third kappa shape index (κ3) is 3.93. The molecule has 0 aliphatic heterocycles. The summed E-state index contributed by atoms with van der Waals surface area (Å²) in [6.45, 7) is 13.0. The first-order valence-corrected chi connectivity index (χ1v) is 8.87. The molecule has 0 spiro atoms. The molecule has 1 heteroatoms. The topological polar surface area (TPSA) is 3.24 Å². The van der Waals surface area contributed by atoms with Gasteiger partial charge in [-0.1, -0.05) is 18.2 Å². The van der Waals surface area contributed by atoms with Gasteiger partial charge in [0.2, 0.25) is 0 Å². The Hall–Kier alpha value is -2.54. The fourth-order valence-corrected chi connectivity index (χ4v) is 3.69. The van der Waals surface area contributed by atoms with Crippen LogP contribution in [-0.4, -0.2) is 0 Å². The fourth-order valence-electron chi connectivity index (χ4n) is 3.69. The van der Waals surface area contributed by atoms with Crippen LogP contribution in [0.5, 0.6) is 0 Å². The Bertz CT molecular complexity index is 738. The molecule has 0 aromatic heterocycles. The number of aryl methyl sites for hydroxylation is 6. The lowest BCUT2D eigenvalue weighted by molar-refractivity contribution is 1.22. The maximum Gasteiger partial charge on any atom is 0.0466 e. The third-order valence-corrected chi connectivity index (χ3v) is 4.39. The summed E-state index contributed by atoms with van der Waals surface area (Å²) in [7, 11) is 0. The van der Waals surface area contributed by atoms with Crippen LogP contribution in [0.15, 0.2) is 54.6 Å². The summed E-state index contributed by atoms with van der Waals surface area (Å²) in [5, 5.41) is 0. The highest BCUT2D eigenvalue weighted by molar-refractivity contribution is 5.78. The molecule has 0 saturated carbocycles. The van der Waals surface area contributed by atoms with E-state index >= 15 is 0 Å². The zero-order chi connectivity index (χ0) is 18.1. The Morgan fingerprint density at radius 2 is 0.560 bits per heavy atom. The van der Waals surface area contributed by atoms with E-state index in [0.717, 1.165) is 0 Å². The van der Waals surface area contributed by atoms with Crippen molar-refractivity contribution in [2.24, 2.45) is 0 Å². The molecule has 25 heavy (non-hydrogen) atoms. The monoisotopic (exact) mass is 329 g/mol. The lowest BCUT2D eigenvalue weighted by Crippen LogP contribution is -2.11. The van der Waals surface area contributed by atoms with Gasteiger partial charge in [-0.05, 0) is 111 Å². The molecule has 0 saturated heterocycles. The minimum Gasteiger partial charge on any atom is -0.310 e. The van der Waals surface area contributed by atoms with E-state index in [4.69, 9.17) is 0 Å². The average Bonchev–Trinajstić information content (AvgIpc) is 2.44. The second kappa shape index (κ2) is 6.76. The van der Waals surface area contributed by atoms with E-state index in [1.54, 1.807) is 0 Å². The van der Waals surface area contributed by atoms with Crippen molar-refractivity contribution in [3.63, 3.8) is 0 Å². The molecule has 0 aliphatic carbocycles. The molecule has 0 bridgehead atoms. The van der Waals surface area contributed by atoms with Crippen LogP contribution in [-0.2, 0) is 0 Å². The van der Waals surface area contributed by atoms with Gasteiger partial charge in [-0.3, -0.25) is 0 Å². The SMILES string of the molecule is Cc1cc(C)cc(N(c2cc(C)cc(C)c2)c2cc(C)cc(C)c2)c1. The first-order valence-electron chi connectivity index (χ1n) is 8.87. The van der Waals surface area contributed by atoms with E-state index in [1.807, 2.05) is 0 Å². The molecule has 1 nitrogen and oxygen atoms in total. The van der Waals surface area contributed by atoms with E-state index in [9.17, 15) is 0 Å². The average molecular weight is 329 g/mol. The van der Waals surface area contributed by atoms with Crippen molar-refractivity contribution in [2.75, 3.05) is 4.90 Å². The van der Waals surface area contributed by atoms with E-state index in [-0.39, 0.29) is 0 Å². The molecule has 128 valence electrons. The standard InChI is InChI=1S/C24H27N/c1-16-7-17(2)11-22(10-16)25(23-12-18(3)8-19(4)13-23)24-14-20(5)9-21(6)15-24/h7-15H,1-6H3. The number of nitrogens with zero attached hydrogens (tertiary/aromatic N) is 1. The smallest absolute Gasteiger partial charge is 0.0466 e. The van der Waals surface area contributed by atoms with Crippen LogP contribution in [0.2, 0.25) is 0 Å². The van der Waals surface area contributed by atoms with Gasteiger partial charge in [0.15, 0.2) is 0 Å². The van der Waals surface area contributed by atoms with Crippen LogP contribution < -0.4 is 4.90 Å². The molecular weight excluding hydrogens is 302 g/mol. The van der Waals surface area contributed by atoms with Gasteiger partial charge >= 0.3 is 0 Å². The summed E-state index contributed by atoms with van der Waals surface area (Å²) < 4.78 is 0. The predicted molar refractivity (Wildman–Crippen MR) is 110 cm³/mol. The maximum absolute atomic E-state index is 2.38. The van der Waals surface area contributed by atoms with Crippen LogP contribution in [0, 0.1) is 41.5 Å². The van der Waals surface area contributed by atoms with Crippen LogP contribution in [0.1, 0.15) is 33.4 Å². The van der Waals surface area contributed by atoms with Crippen molar-refractivity contribution in [3.05, 3.63) is 88.0 Å². The second-order valence-electron chi connectivity index (χ2n) is 7.37. The van der Waals surface area contributed by atoms with Crippen molar-refractivity contribution in [1.29, 1.82) is 0 Å². The number of anilines is 3. The molecule has 0 atom stereocenters. The molecule has 3 aromatic rings. The third-order valence-electron chi connectivity index (χ3n) is 4.39. The summed E-state index contributed by atoms with van der Waals surface area (Å²) in [6, 6.07) is 20.3. The largest absolute Gasteiger partial charge is 0.310 e. The van der Waals surface area contributed by atoms with Gasteiger partial charge in [0.05, 0.1) is 0 Å². The first kappa shape index (κ1) is 17.3. The summed E-state index contributed by atoms with van der Waals surface area (Å²) in [5.74, 6) is 0. The van der Waals surface area contributed by atoms with Crippen molar-refractivity contribution in [1.82, 2.24) is 0 Å². The molecule has 0 heterocycles. The van der Waals surface area contributed by atoms with E-state index in [2.05, 4.69) is 101 Å². The zero-order valence-electron chi connectivity index (χ0n) is 16.1. The molecular formula is C24H27N. The second-order valence-corrected chi connectivity index (χ2v) is 7.37. The van der Waals surface area contributed by atoms with Crippen LogP contribution in [0.3, 0.4) is 0 Å². The van der Waals surface area contributed by atoms with Gasteiger partial charge in [-0.2, -0.15) is 0 Å². The van der Waals surface area contributed by atoms with E-state index in [1.165, 1.54) is 50.4 Å². The molecule has 0 unspecified atom stereocenters. The van der Waals surface area contributed by atoms with Crippen LogP contribution >= 0.6 is 0 Å². The summed E-state index contributed by atoms with van der Waals surface area (Å²) in [4.78, 5) is 2.38. The molecule has 3 rings (SSSR count). The van der Waals surface area contributed by atoms with E-state index in [0.29, 0.717) is 0 Å². The van der Waals surface area contributed by atoms with Gasteiger partial charge in [0.25, 0.3) is 0 Å². The van der Waals surface area contributed by atoms with Crippen molar-refractivity contribution in [2.45, 2.75) is 41.5 Å². The summed E-state index contributed by atoms with van der Waals surface area (Å²) in [5.41, 5.74) is 11.4. The lowest BCUT2D eigenvalue weighted by Gasteiger charge is -2.27. The Kier molecular flexibility index (Phi) is 4.67. The molecule has 3 aromatic carbocycles. The highest BCUT2D eigenvalue weighted by atomic mass is 15.1. The number of hydrogen-bond acceptors (Lipinski definition) is 1. The quantitative estimate of drug-likeness (QED) is 0.499. The van der Waals surface area contributed by atoms with Gasteiger partial charge in [0, 0.05) is 17.1 Å². The van der Waals surface area contributed by atoms with Gasteiger partial charge in [-0.15, -0.1) is 0 Å². The Morgan fingerprint density at radius 1 is 0.360 bits per heavy atom. The van der Waals surface area contributed by atoms with Gasteiger partial charge in [-0.25, -0.2) is 0 Å². The molecule has 0 amide bonds. The minimum atomic E-state index is 1.22. The normalized spacial score (nSPS) is 10.8. The Balaban J connectivity index is 2.27. The summed E-state index contributed by atoms with van der Waals surface area (Å²) >= 11 is 0. The maximum atomic E-state index is 2.38. The predicted octanol–water partition coefficient (Wildman–Crippen LogP) is 7.01. The minimum absolute atomic E-state index is 1.22. The highest BCUT2D eigenvalue weighted by Crippen LogP contribution is 2.37. The van der Waals surface area contributed by atoms with E-state index < -0.39 is 0 Å². The fraction of sp³-hybridized carbons (Fsp3) is 0.250. The highest BCUT2D eigenvalue weighted by Gasteiger charge is 2.14. The van der Waals surface area contributed by atoms with Gasteiger partial charge in [0.1, 0.15) is 0 Å². The molecule has 0 aliphatic rings. The number of benzene rings is 3. The molecule has 0 fully saturated rings. The summed E-state index contributed by atoms with van der Waals surface area (Å²) in [6.07, 6.45) is 0. The van der Waals surface area contributed by atoms with Crippen LogP contribution in [0.25, 0.3) is 0 Å². The molecule has 0 radical (unpaired) electrons. The number of hydrogen-bond donors (Lipinski definition) is 0.